The summed E-state index contributed by atoms with van der Waals surface area (Å²) in [6.45, 7) is 0.725. The maximum absolute atomic E-state index is 11.3. The Balaban J connectivity index is 1.87. The molecule has 0 unspecified atom stereocenters. The summed E-state index contributed by atoms with van der Waals surface area (Å²) >= 11 is 0. The molecule has 0 radical (unpaired) electrons. The van der Waals surface area contributed by atoms with E-state index in [0.29, 0.717) is 11.5 Å². The lowest BCUT2D eigenvalue weighted by Gasteiger charge is -2.21. The van der Waals surface area contributed by atoms with Gasteiger partial charge in [0.2, 0.25) is 5.78 Å². The fraction of sp³-hybridized carbons (Fsp3) is 0.467. The fourth-order valence-corrected chi connectivity index (χ4v) is 2.41. The molecule has 0 atom stereocenters. The number of hydrogen-bond acceptors (Lipinski definition) is 3. The van der Waals surface area contributed by atoms with E-state index >= 15 is 0 Å². The Morgan fingerprint density at radius 3 is 2.32 bits per heavy atom. The van der Waals surface area contributed by atoms with E-state index in [1.807, 2.05) is 0 Å². The van der Waals surface area contributed by atoms with Crippen molar-refractivity contribution in [2.24, 2.45) is 11.7 Å². The zero-order valence-corrected chi connectivity index (χ0v) is 10.9. The van der Waals surface area contributed by atoms with Crippen LogP contribution in [0.4, 0.5) is 0 Å². The highest BCUT2D eigenvalue weighted by Gasteiger charge is 2.15. The van der Waals surface area contributed by atoms with Gasteiger partial charge in [0.25, 0.3) is 5.91 Å². The number of nitrogens with two attached hydrogens (primary N) is 1. The van der Waals surface area contributed by atoms with E-state index in [9.17, 15) is 9.59 Å². The molecule has 1 amide bonds. The third kappa shape index (κ3) is 3.81. The number of benzene rings is 1. The molecule has 19 heavy (non-hydrogen) atoms. The van der Waals surface area contributed by atoms with Crippen LogP contribution in [0.15, 0.2) is 24.3 Å². The van der Waals surface area contributed by atoms with Gasteiger partial charge in [-0.1, -0.05) is 19.3 Å². The number of primary amides is 1. The number of Topliss-reactive ketones (excluding diaryl/α,β-unsaturated/α-hetero) is 1. The van der Waals surface area contributed by atoms with Crippen molar-refractivity contribution < 1.29 is 14.3 Å². The second-order valence-corrected chi connectivity index (χ2v) is 5.03. The first kappa shape index (κ1) is 13.6. The van der Waals surface area contributed by atoms with Crippen LogP contribution in [0.25, 0.3) is 0 Å². The van der Waals surface area contributed by atoms with E-state index in [4.69, 9.17) is 10.5 Å². The third-order valence-electron chi connectivity index (χ3n) is 3.55. The summed E-state index contributed by atoms with van der Waals surface area (Å²) < 4.78 is 5.71. The molecule has 4 nitrogen and oxygen atoms in total. The van der Waals surface area contributed by atoms with E-state index < -0.39 is 11.7 Å². The molecule has 1 aliphatic rings. The number of ether oxygens (including phenoxy) is 1. The van der Waals surface area contributed by atoms with E-state index in [1.165, 1.54) is 32.1 Å². The topological polar surface area (TPSA) is 69.4 Å². The van der Waals surface area contributed by atoms with Crippen LogP contribution in [0, 0.1) is 5.92 Å². The van der Waals surface area contributed by atoms with E-state index in [2.05, 4.69) is 0 Å². The Labute approximate surface area is 112 Å². The first-order valence-corrected chi connectivity index (χ1v) is 6.74. The third-order valence-corrected chi connectivity index (χ3v) is 3.55. The lowest BCUT2D eigenvalue weighted by molar-refractivity contribution is -0.114. The number of carbonyl (C=O) groups is 2. The predicted octanol–water partition coefficient (Wildman–Crippen LogP) is 2.31. The average molecular weight is 261 g/mol. The van der Waals surface area contributed by atoms with Crippen LogP contribution in [-0.4, -0.2) is 18.3 Å². The van der Waals surface area contributed by atoms with Gasteiger partial charge in [-0.3, -0.25) is 9.59 Å². The molecular weight excluding hydrogens is 242 g/mol. The smallest absolute Gasteiger partial charge is 0.289 e. The minimum Gasteiger partial charge on any atom is -0.493 e. The minimum atomic E-state index is -0.934. The molecule has 1 aromatic carbocycles. The Kier molecular flexibility index (Phi) is 4.55. The second-order valence-electron chi connectivity index (χ2n) is 5.03. The van der Waals surface area contributed by atoms with Crippen LogP contribution >= 0.6 is 0 Å². The van der Waals surface area contributed by atoms with Crippen LogP contribution in [0.2, 0.25) is 0 Å². The molecule has 1 fully saturated rings. The van der Waals surface area contributed by atoms with Crippen LogP contribution in [0.5, 0.6) is 5.75 Å². The molecule has 1 aromatic rings. The normalized spacial score (nSPS) is 16.0. The van der Waals surface area contributed by atoms with Gasteiger partial charge in [0.15, 0.2) is 0 Å². The highest BCUT2D eigenvalue weighted by molar-refractivity contribution is 6.42. The van der Waals surface area contributed by atoms with Gasteiger partial charge in [-0.05, 0) is 43.0 Å². The summed E-state index contributed by atoms with van der Waals surface area (Å²) in [5, 5.41) is 0. The zero-order chi connectivity index (χ0) is 13.7. The predicted molar refractivity (Wildman–Crippen MR) is 72.0 cm³/mol. The maximum atomic E-state index is 11.3. The zero-order valence-electron chi connectivity index (χ0n) is 10.9. The molecule has 2 N–H and O–H groups in total. The molecule has 2 rings (SSSR count). The number of carbonyl (C=O) groups excluding carboxylic acids is 2. The molecule has 0 aromatic heterocycles. The van der Waals surface area contributed by atoms with Gasteiger partial charge >= 0.3 is 0 Å². The first-order chi connectivity index (χ1) is 9.16. The van der Waals surface area contributed by atoms with Crippen molar-refractivity contribution in [3.63, 3.8) is 0 Å². The summed E-state index contributed by atoms with van der Waals surface area (Å²) in [5.41, 5.74) is 5.25. The van der Waals surface area contributed by atoms with Gasteiger partial charge in [-0.2, -0.15) is 0 Å². The first-order valence-electron chi connectivity index (χ1n) is 6.74. The largest absolute Gasteiger partial charge is 0.493 e. The van der Waals surface area contributed by atoms with Crippen LogP contribution in [-0.2, 0) is 4.79 Å². The number of rotatable bonds is 5. The molecule has 0 bridgehead atoms. The lowest BCUT2D eigenvalue weighted by Crippen LogP contribution is -2.22. The number of ketones is 1. The van der Waals surface area contributed by atoms with Crippen LogP contribution < -0.4 is 10.5 Å². The number of hydrogen-bond donors (Lipinski definition) is 1. The Morgan fingerprint density at radius 1 is 1.11 bits per heavy atom. The highest BCUT2D eigenvalue weighted by Crippen LogP contribution is 2.24. The van der Waals surface area contributed by atoms with Crippen molar-refractivity contribution in [1.82, 2.24) is 0 Å². The van der Waals surface area contributed by atoms with Gasteiger partial charge in [-0.25, -0.2) is 0 Å². The van der Waals surface area contributed by atoms with Gasteiger partial charge in [-0.15, -0.1) is 0 Å². The molecule has 0 aliphatic heterocycles. The SMILES string of the molecule is NC(=O)C(=O)c1ccc(OCC2CCCCC2)cc1. The highest BCUT2D eigenvalue weighted by atomic mass is 16.5. The summed E-state index contributed by atoms with van der Waals surface area (Å²) in [4.78, 5) is 22.1. The Bertz CT molecular complexity index is 447. The van der Waals surface area contributed by atoms with Crippen molar-refractivity contribution in [1.29, 1.82) is 0 Å². The number of amides is 1. The quantitative estimate of drug-likeness (QED) is 0.653. The fourth-order valence-electron chi connectivity index (χ4n) is 2.41. The molecule has 1 aliphatic carbocycles. The van der Waals surface area contributed by atoms with Gasteiger partial charge in [0.05, 0.1) is 6.61 Å². The summed E-state index contributed by atoms with van der Waals surface area (Å²) in [5.74, 6) is -0.234. The molecule has 102 valence electrons. The van der Waals surface area contributed by atoms with E-state index in [-0.39, 0.29) is 0 Å². The summed E-state index contributed by atoms with van der Waals surface area (Å²) in [6, 6.07) is 6.56. The second kappa shape index (κ2) is 6.36. The summed E-state index contributed by atoms with van der Waals surface area (Å²) in [7, 11) is 0. The monoisotopic (exact) mass is 261 g/mol. The van der Waals surface area contributed by atoms with Crippen molar-refractivity contribution in [2.75, 3.05) is 6.61 Å². The lowest BCUT2D eigenvalue weighted by atomic mass is 9.90. The van der Waals surface area contributed by atoms with Crippen molar-refractivity contribution in [3.05, 3.63) is 29.8 Å². The molecule has 0 spiro atoms. The van der Waals surface area contributed by atoms with E-state index in [0.717, 1.165) is 12.4 Å². The molecule has 1 saturated carbocycles. The molecule has 0 saturated heterocycles. The van der Waals surface area contributed by atoms with Crippen molar-refractivity contribution >= 4 is 11.7 Å². The summed E-state index contributed by atoms with van der Waals surface area (Å²) in [6.07, 6.45) is 6.39. The van der Waals surface area contributed by atoms with E-state index in [1.54, 1.807) is 24.3 Å². The Hall–Kier alpha value is -1.84. The van der Waals surface area contributed by atoms with Gasteiger partial charge < -0.3 is 10.5 Å². The van der Waals surface area contributed by atoms with Crippen molar-refractivity contribution in [3.8, 4) is 5.75 Å². The van der Waals surface area contributed by atoms with Crippen LogP contribution in [0.3, 0.4) is 0 Å². The molecular formula is C15H19NO3. The maximum Gasteiger partial charge on any atom is 0.289 e. The van der Waals surface area contributed by atoms with Crippen LogP contribution in [0.1, 0.15) is 42.5 Å². The Morgan fingerprint density at radius 2 is 1.74 bits per heavy atom. The molecule has 0 heterocycles. The minimum absolute atomic E-state index is 0.303. The van der Waals surface area contributed by atoms with Gasteiger partial charge in [0, 0.05) is 5.56 Å². The van der Waals surface area contributed by atoms with Gasteiger partial charge in [0.1, 0.15) is 5.75 Å². The average Bonchev–Trinajstić information content (AvgIpc) is 2.46. The molecule has 4 heteroatoms. The standard InChI is InChI=1S/C15H19NO3/c16-15(18)14(17)12-6-8-13(9-7-12)19-10-11-4-2-1-3-5-11/h6-9,11H,1-5,10H2,(H2,16,18). The van der Waals surface area contributed by atoms with Crippen molar-refractivity contribution in [2.45, 2.75) is 32.1 Å².